The van der Waals surface area contributed by atoms with Crippen molar-refractivity contribution in [3.8, 4) is 0 Å². The lowest BCUT2D eigenvalue weighted by atomic mass is 10.1. The number of allylic oxidation sites excluding steroid dienone is 1. The molecule has 2 heterocycles. The van der Waals surface area contributed by atoms with Crippen molar-refractivity contribution < 1.29 is 14.6 Å². The first-order chi connectivity index (χ1) is 8.20. The molecule has 0 saturated carbocycles. The first-order valence-electron chi connectivity index (χ1n) is 5.32. The predicted octanol–water partition coefficient (Wildman–Crippen LogP) is 0.424. The van der Waals surface area contributed by atoms with Gasteiger partial charge in [-0.3, -0.25) is 4.79 Å². The molecule has 0 unspecified atom stereocenters. The van der Waals surface area contributed by atoms with E-state index in [2.05, 4.69) is 0 Å². The van der Waals surface area contributed by atoms with E-state index in [1.165, 1.54) is 9.36 Å². The minimum Gasteiger partial charge on any atom is -0.821 e. The third-order valence-electron chi connectivity index (χ3n) is 2.90. The summed E-state index contributed by atoms with van der Waals surface area (Å²) in [6.45, 7) is 1.80. The highest BCUT2D eigenvalue weighted by Crippen LogP contribution is 2.22. The summed E-state index contributed by atoms with van der Waals surface area (Å²) in [6.07, 6.45) is 1.62. The Bertz CT molecular complexity index is 639. The van der Waals surface area contributed by atoms with Crippen molar-refractivity contribution >= 4 is 17.4 Å². The zero-order valence-electron chi connectivity index (χ0n) is 9.25. The Labute approximate surface area is 98.0 Å². The van der Waals surface area contributed by atoms with Gasteiger partial charge in [0.05, 0.1) is 5.69 Å². The van der Waals surface area contributed by atoms with E-state index >= 15 is 0 Å². The van der Waals surface area contributed by atoms with Gasteiger partial charge in [0.2, 0.25) is 6.20 Å². The topological polar surface area (TPSA) is 48.9 Å². The summed E-state index contributed by atoms with van der Waals surface area (Å²) in [5.41, 5.74) is 1.65. The molecule has 1 aromatic heterocycles. The van der Waals surface area contributed by atoms with Gasteiger partial charge in [0.25, 0.3) is 0 Å². The molecule has 0 fully saturated rings. The Morgan fingerprint density at radius 1 is 1.18 bits per heavy atom. The van der Waals surface area contributed by atoms with Crippen LogP contribution in [-0.4, -0.2) is 10.6 Å². The SMILES string of the molecule is Cc1cc[n+]2n1C(=O)C(c1ccccc1)=C2[O-]. The Kier molecular flexibility index (Phi) is 1.92. The van der Waals surface area contributed by atoms with Crippen molar-refractivity contribution in [1.82, 2.24) is 4.68 Å². The van der Waals surface area contributed by atoms with Crippen LogP contribution in [0.3, 0.4) is 0 Å². The lowest BCUT2D eigenvalue weighted by molar-refractivity contribution is -0.710. The van der Waals surface area contributed by atoms with Gasteiger partial charge in [0.1, 0.15) is 5.57 Å². The van der Waals surface area contributed by atoms with E-state index in [1.807, 2.05) is 18.2 Å². The Hall–Kier alpha value is -2.36. The molecular weight excluding hydrogens is 216 g/mol. The average Bonchev–Trinajstić information content (AvgIpc) is 2.82. The van der Waals surface area contributed by atoms with Crippen molar-refractivity contribution in [2.75, 3.05) is 0 Å². The molecule has 3 rings (SSSR count). The van der Waals surface area contributed by atoms with Crippen molar-refractivity contribution in [1.29, 1.82) is 0 Å². The molecule has 2 aromatic rings. The van der Waals surface area contributed by atoms with E-state index < -0.39 is 0 Å². The molecule has 84 valence electrons. The number of carbonyl (C=O) groups is 1. The zero-order chi connectivity index (χ0) is 12.0. The van der Waals surface area contributed by atoms with Gasteiger partial charge in [-0.2, -0.15) is 0 Å². The van der Waals surface area contributed by atoms with Gasteiger partial charge in [0, 0.05) is 6.07 Å². The molecule has 1 aromatic carbocycles. The van der Waals surface area contributed by atoms with Crippen LogP contribution in [0.25, 0.3) is 11.5 Å². The van der Waals surface area contributed by atoms with Crippen molar-refractivity contribution in [2.45, 2.75) is 6.92 Å². The molecule has 1 aliphatic heterocycles. The lowest BCUT2D eigenvalue weighted by Gasteiger charge is -2.01. The third kappa shape index (κ3) is 1.24. The molecule has 0 bridgehead atoms. The fraction of sp³-hybridized carbons (Fsp3) is 0.0769. The third-order valence-corrected chi connectivity index (χ3v) is 2.90. The van der Waals surface area contributed by atoms with Crippen LogP contribution in [0.2, 0.25) is 0 Å². The maximum absolute atomic E-state index is 12.2. The van der Waals surface area contributed by atoms with Gasteiger partial charge < -0.3 is 5.11 Å². The smallest absolute Gasteiger partial charge is 0.320 e. The number of aryl methyl sites for hydroxylation is 1. The summed E-state index contributed by atoms with van der Waals surface area (Å²) in [5, 5.41) is 12.1. The quantitative estimate of drug-likeness (QED) is 0.662. The van der Waals surface area contributed by atoms with E-state index in [0.29, 0.717) is 5.56 Å². The molecule has 0 radical (unpaired) electrons. The summed E-state index contributed by atoms with van der Waals surface area (Å²) in [5.74, 6) is -0.530. The van der Waals surface area contributed by atoms with E-state index in [4.69, 9.17) is 0 Å². The van der Waals surface area contributed by atoms with Crippen LogP contribution in [-0.2, 0) is 0 Å². The van der Waals surface area contributed by atoms with Gasteiger partial charge in [-0.1, -0.05) is 39.7 Å². The summed E-state index contributed by atoms with van der Waals surface area (Å²) < 4.78 is 2.74. The van der Waals surface area contributed by atoms with Gasteiger partial charge >= 0.3 is 5.91 Å². The van der Waals surface area contributed by atoms with Crippen LogP contribution in [0.4, 0.5) is 0 Å². The number of nitrogens with zero attached hydrogens (tertiary/aromatic N) is 2. The normalized spacial score (nSPS) is 14.3. The van der Waals surface area contributed by atoms with Crippen LogP contribution in [0.1, 0.15) is 16.1 Å². The molecule has 0 saturated heterocycles. The predicted molar refractivity (Wildman–Crippen MR) is 59.5 cm³/mol. The minimum absolute atomic E-state index is 0.231. The monoisotopic (exact) mass is 226 g/mol. The van der Waals surface area contributed by atoms with Gasteiger partial charge in [-0.25, -0.2) is 0 Å². The number of carbonyl (C=O) groups excluding carboxylic acids is 1. The van der Waals surface area contributed by atoms with Crippen LogP contribution in [0.5, 0.6) is 0 Å². The number of hydrogen-bond donors (Lipinski definition) is 0. The molecule has 0 amide bonds. The fourth-order valence-electron chi connectivity index (χ4n) is 2.07. The van der Waals surface area contributed by atoms with Gasteiger partial charge in [0.15, 0.2) is 5.88 Å². The molecule has 4 nitrogen and oxygen atoms in total. The molecule has 0 aliphatic carbocycles. The number of rotatable bonds is 1. The summed E-state index contributed by atoms with van der Waals surface area (Å²) in [6, 6.07) is 10.8. The van der Waals surface area contributed by atoms with E-state index in [-0.39, 0.29) is 17.4 Å². The van der Waals surface area contributed by atoms with Gasteiger partial charge in [-0.05, 0) is 12.5 Å². The van der Waals surface area contributed by atoms with E-state index in [1.54, 1.807) is 31.3 Å². The zero-order valence-corrected chi connectivity index (χ0v) is 9.25. The highest BCUT2D eigenvalue weighted by Gasteiger charge is 2.34. The highest BCUT2D eigenvalue weighted by atomic mass is 16.3. The highest BCUT2D eigenvalue weighted by molar-refractivity contribution is 6.25. The van der Waals surface area contributed by atoms with Crippen molar-refractivity contribution in [3.05, 3.63) is 53.9 Å². The Morgan fingerprint density at radius 3 is 2.53 bits per heavy atom. The molecule has 0 N–H and O–H groups in total. The maximum atomic E-state index is 12.2. The Morgan fingerprint density at radius 2 is 1.88 bits per heavy atom. The second-order valence-corrected chi connectivity index (χ2v) is 3.96. The van der Waals surface area contributed by atoms with E-state index in [0.717, 1.165) is 5.69 Å². The number of hydrogen-bond acceptors (Lipinski definition) is 2. The number of aromatic nitrogens is 2. The molecule has 4 heteroatoms. The second-order valence-electron chi connectivity index (χ2n) is 3.96. The second kappa shape index (κ2) is 3.31. The first-order valence-corrected chi connectivity index (χ1v) is 5.32. The molecule has 17 heavy (non-hydrogen) atoms. The minimum atomic E-state index is -0.269. The average molecular weight is 226 g/mol. The Balaban J connectivity index is 2.22. The maximum Gasteiger partial charge on any atom is 0.320 e. The van der Waals surface area contributed by atoms with Crippen LogP contribution < -0.4 is 9.79 Å². The summed E-state index contributed by atoms with van der Waals surface area (Å²) >= 11 is 0. The molecular formula is C13H10N2O2. The van der Waals surface area contributed by atoms with Crippen molar-refractivity contribution in [2.24, 2.45) is 0 Å². The van der Waals surface area contributed by atoms with E-state index in [9.17, 15) is 9.90 Å². The summed E-state index contributed by atoms with van der Waals surface area (Å²) in [4.78, 5) is 12.2. The fourth-order valence-corrected chi connectivity index (χ4v) is 2.07. The first kappa shape index (κ1) is 9.84. The standard InChI is InChI=1S/C13H10N2O2/c1-9-7-8-14-12(16)11(13(17)15(9)14)10-5-3-2-4-6-10/h2-8H,1H3. The van der Waals surface area contributed by atoms with Crippen LogP contribution >= 0.6 is 0 Å². The largest absolute Gasteiger partial charge is 0.821 e. The number of benzene rings is 1. The van der Waals surface area contributed by atoms with Crippen molar-refractivity contribution in [3.63, 3.8) is 0 Å². The summed E-state index contributed by atoms with van der Waals surface area (Å²) in [7, 11) is 0. The van der Waals surface area contributed by atoms with Crippen LogP contribution in [0.15, 0.2) is 42.6 Å². The number of fused-ring (bicyclic) bond motifs is 1. The molecule has 0 spiro atoms. The molecule has 1 aliphatic rings. The van der Waals surface area contributed by atoms with Crippen LogP contribution in [0, 0.1) is 6.92 Å². The molecule has 0 atom stereocenters. The van der Waals surface area contributed by atoms with Gasteiger partial charge in [-0.15, -0.1) is 0 Å². The lowest BCUT2D eigenvalue weighted by Crippen LogP contribution is -2.43.